The number of carbonyl (C=O) groups excluding carboxylic acids is 1. The van der Waals surface area contributed by atoms with Gasteiger partial charge in [0.05, 0.1) is 5.54 Å². The normalized spacial score (nSPS) is 26.9. The third-order valence-corrected chi connectivity index (χ3v) is 3.31. The highest BCUT2D eigenvalue weighted by Gasteiger charge is 2.34. The van der Waals surface area contributed by atoms with Crippen LogP contribution in [-0.4, -0.2) is 36.0 Å². The average Bonchev–Trinajstić information content (AvgIpc) is 2.14. The van der Waals surface area contributed by atoms with Gasteiger partial charge in [-0.3, -0.25) is 4.79 Å². The van der Waals surface area contributed by atoms with E-state index in [4.69, 9.17) is 0 Å². The van der Waals surface area contributed by atoms with Crippen LogP contribution in [0.4, 0.5) is 0 Å². The van der Waals surface area contributed by atoms with Gasteiger partial charge in [0.15, 0.2) is 0 Å². The SMILES string of the molecule is CCNC(C)(C)C(=O)N1CC(C)CC(C)C1. The molecule has 0 aromatic carbocycles. The summed E-state index contributed by atoms with van der Waals surface area (Å²) >= 11 is 0. The molecule has 1 fully saturated rings. The highest BCUT2D eigenvalue weighted by molar-refractivity contribution is 5.85. The monoisotopic (exact) mass is 226 g/mol. The highest BCUT2D eigenvalue weighted by Crippen LogP contribution is 2.23. The molecular formula is C13H26N2O. The van der Waals surface area contributed by atoms with Crippen LogP contribution in [0.1, 0.15) is 41.0 Å². The first-order chi connectivity index (χ1) is 7.36. The minimum atomic E-state index is -0.425. The van der Waals surface area contributed by atoms with Crippen LogP contribution in [0.25, 0.3) is 0 Å². The van der Waals surface area contributed by atoms with Crippen LogP contribution in [0.5, 0.6) is 0 Å². The van der Waals surface area contributed by atoms with E-state index in [1.54, 1.807) is 0 Å². The van der Waals surface area contributed by atoms with E-state index in [9.17, 15) is 4.79 Å². The molecule has 0 bridgehead atoms. The number of likely N-dealkylation sites (tertiary alicyclic amines) is 1. The summed E-state index contributed by atoms with van der Waals surface area (Å²) in [5, 5.41) is 3.26. The number of piperidine rings is 1. The predicted molar refractivity (Wildman–Crippen MR) is 67.3 cm³/mol. The van der Waals surface area contributed by atoms with Crippen LogP contribution in [0, 0.1) is 11.8 Å². The van der Waals surface area contributed by atoms with Crippen LogP contribution in [0.3, 0.4) is 0 Å². The number of hydrogen-bond donors (Lipinski definition) is 1. The lowest BCUT2D eigenvalue weighted by Gasteiger charge is -2.39. The number of nitrogens with zero attached hydrogens (tertiary/aromatic N) is 1. The van der Waals surface area contributed by atoms with Crippen molar-refractivity contribution >= 4 is 5.91 Å². The lowest BCUT2D eigenvalue weighted by molar-refractivity contribution is -0.139. The van der Waals surface area contributed by atoms with Gasteiger partial charge in [-0.15, -0.1) is 0 Å². The maximum Gasteiger partial charge on any atom is 0.242 e. The molecule has 2 atom stereocenters. The molecule has 1 amide bonds. The number of likely N-dealkylation sites (N-methyl/N-ethyl adjacent to an activating group) is 1. The van der Waals surface area contributed by atoms with Crippen LogP contribution in [0.2, 0.25) is 0 Å². The molecule has 1 saturated heterocycles. The zero-order valence-corrected chi connectivity index (χ0v) is 11.3. The molecular weight excluding hydrogens is 200 g/mol. The minimum absolute atomic E-state index is 0.243. The van der Waals surface area contributed by atoms with Gasteiger partial charge in [0.2, 0.25) is 5.91 Å². The predicted octanol–water partition coefficient (Wildman–Crippen LogP) is 1.88. The second kappa shape index (κ2) is 5.17. The van der Waals surface area contributed by atoms with Crippen molar-refractivity contribution in [2.45, 2.75) is 46.6 Å². The highest BCUT2D eigenvalue weighted by atomic mass is 16.2. The van der Waals surface area contributed by atoms with Gasteiger partial charge in [-0.25, -0.2) is 0 Å². The van der Waals surface area contributed by atoms with E-state index < -0.39 is 5.54 Å². The average molecular weight is 226 g/mol. The van der Waals surface area contributed by atoms with Crippen molar-refractivity contribution in [2.75, 3.05) is 19.6 Å². The summed E-state index contributed by atoms with van der Waals surface area (Å²) in [5.74, 6) is 1.50. The van der Waals surface area contributed by atoms with Crippen LogP contribution >= 0.6 is 0 Å². The fraction of sp³-hybridized carbons (Fsp3) is 0.923. The molecule has 16 heavy (non-hydrogen) atoms. The molecule has 0 saturated carbocycles. The van der Waals surface area contributed by atoms with Crippen molar-refractivity contribution in [2.24, 2.45) is 11.8 Å². The third-order valence-electron chi connectivity index (χ3n) is 3.31. The zero-order chi connectivity index (χ0) is 12.3. The Labute approximate surface area is 99.6 Å². The zero-order valence-electron chi connectivity index (χ0n) is 11.3. The minimum Gasteiger partial charge on any atom is -0.341 e. The Bertz CT molecular complexity index is 240. The van der Waals surface area contributed by atoms with Gasteiger partial charge in [0.25, 0.3) is 0 Å². The molecule has 94 valence electrons. The van der Waals surface area contributed by atoms with E-state index >= 15 is 0 Å². The molecule has 2 unspecified atom stereocenters. The van der Waals surface area contributed by atoms with Gasteiger partial charge >= 0.3 is 0 Å². The largest absolute Gasteiger partial charge is 0.341 e. The summed E-state index contributed by atoms with van der Waals surface area (Å²) in [6.07, 6.45) is 1.24. The molecule has 1 N–H and O–H groups in total. The second-order valence-electron chi connectivity index (χ2n) is 5.81. The van der Waals surface area contributed by atoms with Crippen LogP contribution < -0.4 is 5.32 Å². The Morgan fingerprint density at radius 1 is 1.31 bits per heavy atom. The summed E-state index contributed by atoms with van der Waals surface area (Å²) in [4.78, 5) is 14.4. The van der Waals surface area contributed by atoms with E-state index in [1.165, 1.54) is 6.42 Å². The van der Waals surface area contributed by atoms with E-state index in [0.717, 1.165) is 19.6 Å². The molecule has 0 aromatic rings. The number of carbonyl (C=O) groups is 1. The van der Waals surface area contributed by atoms with E-state index in [0.29, 0.717) is 11.8 Å². The quantitative estimate of drug-likeness (QED) is 0.797. The van der Waals surface area contributed by atoms with E-state index in [1.807, 2.05) is 25.7 Å². The first-order valence-corrected chi connectivity index (χ1v) is 6.41. The topological polar surface area (TPSA) is 32.3 Å². The summed E-state index contributed by atoms with van der Waals surface area (Å²) in [5.41, 5.74) is -0.425. The second-order valence-corrected chi connectivity index (χ2v) is 5.81. The number of nitrogens with one attached hydrogen (secondary N) is 1. The Hall–Kier alpha value is -0.570. The van der Waals surface area contributed by atoms with Crippen molar-refractivity contribution in [3.63, 3.8) is 0 Å². The van der Waals surface area contributed by atoms with Gasteiger partial charge in [-0.1, -0.05) is 20.8 Å². The Morgan fingerprint density at radius 3 is 2.25 bits per heavy atom. The Kier molecular flexibility index (Phi) is 4.36. The summed E-state index contributed by atoms with van der Waals surface area (Å²) in [6.45, 7) is 13.1. The first kappa shape index (κ1) is 13.5. The Morgan fingerprint density at radius 2 is 1.81 bits per heavy atom. The van der Waals surface area contributed by atoms with Crippen molar-refractivity contribution in [3.8, 4) is 0 Å². The molecule has 1 aliphatic heterocycles. The standard InChI is InChI=1S/C13H26N2O/c1-6-14-13(4,5)12(16)15-8-10(2)7-11(3)9-15/h10-11,14H,6-9H2,1-5H3. The number of rotatable bonds is 3. The van der Waals surface area contributed by atoms with Gasteiger partial charge in [0.1, 0.15) is 0 Å². The van der Waals surface area contributed by atoms with Crippen molar-refractivity contribution in [3.05, 3.63) is 0 Å². The maximum atomic E-state index is 12.4. The molecule has 3 heteroatoms. The lowest BCUT2D eigenvalue weighted by Crippen LogP contribution is -2.56. The molecule has 1 aliphatic rings. The summed E-state index contributed by atoms with van der Waals surface area (Å²) < 4.78 is 0. The molecule has 0 radical (unpaired) electrons. The molecule has 0 aromatic heterocycles. The molecule has 3 nitrogen and oxygen atoms in total. The number of amides is 1. The van der Waals surface area contributed by atoms with Gasteiger partial charge in [0, 0.05) is 13.1 Å². The maximum absolute atomic E-state index is 12.4. The first-order valence-electron chi connectivity index (χ1n) is 6.41. The molecule has 0 aliphatic carbocycles. The van der Waals surface area contributed by atoms with Gasteiger partial charge in [-0.05, 0) is 38.6 Å². The molecule has 0 spiro atoms. The third kappa shape index (κ3) is 3.21. The lowest BCUT2D eigenvalue weighted by atomic mass is 9.90. The van der Waals surface area contributed by atoms with Crippen molar-refractivity contribution in [1.29, 1.82) is 0 Å². The number of hydrogen-bond acceptors (Lipinski definition) is 2. The molecule has 1 heterocycles. The van der Waals surface area contributed by atoms with Crippen LogP contribution in [0.15, 0.2) is 0 Å². The molecule has 1 rings (SSSR count). The summed E-state index contributed by atoms with van der Waals surface area (Å²) in [6, 6.07) is 0. The van der Waals surface area contributed by atoms with Gasteiger partial charge < -0.3 is 10.2 Å². The van der Waals surface area contributed by atoms with E-state index in [2.05, 4.69) is 19.2 Å². The summed E-state index contributed by atoms with van der Waals surface area (Å²) in [7, 11) is 0. The van der Waals surface area contributed by atoms with Crippen molar-refractivity contribution < 1.29 is 4.79 Å². The smallest absolute Gasteiger partial charge is 0.242 e. The van der Waals surface area contributed by atoms with Crippen LogP contribution in [-0.2, 0) is 4.79 Å². The Balaban J connectivity index is 2.65. The fourth-order valence-electron chi connectivity index (χ4n) is 2.74. The fourth-order valence-corrected chi connectivity index (χ4v) is 2.74. The van der Waals surface area contributed by atoms with Gasteiger partial charge in [-0.2, -0.15) is 0 Å². The van der Waals surface area contributed by atoms with E-state index in [-0.39, 0.29) is 5.91 Å². The van der Waals surface area contributed by atoms with Crippen molar-refractivity contribution in [1.82, 2.24) is 10.2 Å².